The number of nitriles is 1. The predicted octanol–water partition coefficient (Wildman–Crippen LogP) is 2.17. The van der Waals surface area contributed by atoms with E-state index in [2.05, 4.69) is 0 Å². The molecular formula is C11H11FN2O2. The monoisotopic (exact) mass is 222 g/mol. The number of carbonyl (C=O) groups excluding carboxylic acids is 1. The fraction of sp³-hybridized carbons (Fsp3) is 0.273. The van der Waals surface area contributed by atoms with Crippen LogP contribution in [0.2, 0.25) is 0 Å². The van der Waals surface area contributed by atoms with E-state index in [-0.39, 0.29) is 12.2 Å². The lowest BCUT2D eigenvalue weighted by molar-refractivity contribution is 0.164. The molecule has 1 aromatic carbocycles. The molecule has 0 heterocycles. The van der Waals surface area contributed by atoms with E-state index in [0.717, 1.165) is 0 Å². The Bertz CT molecular complexity index is 397. The van der Waals surface area contributed by atoms with E-state index >= 15 is 0 Å². The first-order chi connectivity index (χ1) is 7.63. The number of hydrogen-bond acceptors (Lipinski definition) is 3. The summed E-state index contributed by atoms with van der Waals surface area (Å²) in [5.41, 5.74) is 0. The van der Waals surface area contributed by atoms with Crippen molar-refractivity contribution in [2.75, 3.05) is 13.6 Å². The molecule has 0 spiro atoms. The van der Waals surface area contributed by atoms with Crippen LogP contribution in [-0.2, 0) is 0 Å². The molecule has 16 heavy (non-hydrogen) atoms. The standard InChI is InChI=1S/C11H11FN2O2/c1-14(8-2-7-13)11(15)16-10-5-3-9(12)4-6-10/h3-6H,2,8H2,1H3. The number of halogens is 1. The molecule has 0 bridgehead atoms. The zero-order valence-electron chi connectivity index (χ0n) is 8.81. The summed E-state index contributed by atoms with van der Waals surface area (Å²) in [7, 11) is 1.53. The SMILES string of the molecule is CN(CCC#N)C(=O)Oc1ccc(F)cc1. The van der Waals surface area contributed by atoms with Crippen LogP contribution in [-0.4, -0.2) is 24.6 Å². The van der Waals surface area contributed by atoms with Crippen molar-refractivity contribution in [3.05, 3.63) is 30.1 Å². The van der Waals surface area contributed by atoms with Crippen LogP contribution in [0.3, 0.4) is 0 Å². The van der Waals surface area contributed by atoms with Gasteiger partial charge in [0.15, 0.2) is 0 Å². The Kier molecular flexibility index (Phi) is 4.28. The first-order valence-corrected chi connectivity index (χ1v) is 4.69. The Hall–Kier alpha value is -2.09. The van der Waals surface area contributed by atoms with Gasteiger partial charge in [0.1, 0.15) is 11.6 Å². The van der Waals surface area contributed by atoms with Crippen molar-refractivity contribution < 1.29 is 13.9 Å². The van der Waals surface area contributed by atoms with Gasteiger partial charge in [-0.25, -0.2) is 9.18 Å². The average molecular weight is 222 g/mol. The lowest BCUT2D eigenvalue weighted by Gasteiger charge is -2.14. The van der Waals surface area contributed by atoms with Gasteiger partial charge in [-0.15, -0.1) is 0 Å². The number of rotatable bonds is 3. The van der Waals surface area contributed by atoms with Crippen LogP contribution < -0.4 is 4.74 Å². The van der Waals surface area contributed by atoms with Crippen molar-refractivity contribution in [2.45, 2.75) is 6.42 Å². The molecule has 5 heteroatoms. The maximum absolute atomic E-state index is 12.6. The lowest BCUT2D eigenvalue weighted by atomic mass is 10.3. The summed E-state index contributed by atoms with van der Waals surface area (Å²) in [6.07, 6.45) is -0.323. The second-order valence-electron chi connectivity index (χ2n) is 3.15. The number of benzene rings is 1. The van der Waals surface area contributed by atoms with Crippen LogP contribution in [0.5, 0.6) is 5.75 Å². The molecule has 4 nitrogen and oxygen atoms in total. The molecule has 0 saturated heterocycles. The summed E-state index contributed by atoms with van der Waals surface area (Å²) in [4.78, 5) is 12.7. The molecule has 0 N–H and O–H groups in total. The third-order valence-corrected chi connectivity index (χ3v) is 1.89. The van der Waals surface area contributed by atoms with Gasteiger partial charge in [-0.2, -0.15) is 5.26 Å². The Morgan fingerprint density at radius 1 is 1.50 bits per heavy atom. The van der Waals surface area contributed by atoms with Crippen LogP contribution >= 0.6 is 0 Å². The van der Waals surface area contributed by atoms with Crippen molar-refractivity contribution in [2.24, 2.45) is 0 Å². The third kappa shape index (κ3) is 3.58. The van der Waals surface area contributed by atoms with Gasteiger partial charge in [-0.05, 0) is 24.3 Å². The molecule has 0 unspecified atom stereocenters. The largest absolute Gasteiger partial charge is 0.414 e. The topological polar surface area (TPSA) is 53.3 Å². The molecular weight excluding hydrogens is 211 g/mol. The Morgan fingerprint density at radius 2 is 2.12 bits per heavy atom. The second-order valence-corrected chi connectivity index (χ2v) is 3.15. The van der Waals surface area contributed by atoms with Crippen molar-refractivity contribution in [3.8, 4) is 11.8 Å². The van der Waals surface area contributed by atoms with Crippen molar-refractivity contribution in [1.82, 2.24) is 4.90 Å². The zero-order valence-corrected chi connectivity index (χ0v) is 8.81. The molecule has 0 saturated carbocycles. The van der Waals surface area contributed by atoms with Gasteiger partial charge in [-0.3, -0.25) is 0 Å². The summed E-state index contributed by atoms with van der Waals surface area (Å²) < 4.78 is 17.5. The molecule has 1 aromatic rings. The van der Waals surface area contributed by atoms with Crippen LogP contribution in [0, 0.1) is 17.1 Å². The molecule has 0 aliphatic rings. The minimum absolute atomic E-state index is 0.245. The second kappa shape index (κ2) is 5.71. The van der Waals surface area contributed by atoms with Crippen molar-refractivity contribution in [1.29, 1.82) is 5.26 Å². The van der Waals surface area contributed by atoms with Gasteiger partial charge in [0, 0.05) is 13.6 Å². The highest BCUT2D eigenvalue weighted by molar-refractivity contribution is 5.70. The number of carbonyl (C=O) groups is 1. The molecule has 1 rings (SSSR count). The van der Waals surface area contributed by atoms with Gasteiger partial charge in [0.25, 0.3) is 0 Å². The Labute approximate surface area is 92.8 Å². The fourth-order valence-corrected chi connectivity index (χ4v) is 0.990. The number of amides is 1. The molecule has 0 fully saturated rings. The highest BCUT2D eigenvalue weighted by Gasteiger charge is 2.10. The van der Waals surface area contributed by atoms with E-state index in [1.165, 1.54) is 36.2 Å². The summed E-state index contributed by atoms with van der Waals surface area (Å²) in [5.74, 6) is -0.118. The number of nitrogens with zero attached hydrogens (tertiary/aromatic N) is 2. The smallest absolute Gasteiger partial charge is 0.410 e. The van der Waals surface area contributed by atoms with Gasteiger partial charge < -0.3 is 9.64 Å². The third-order valence-electron chi connectivity index (χ3n) is 1.89. The first kappa shape index (κ1) is 12.0. The molecule has 0 radical (unpaired) electrons. The van der Waals surface area contributed by atoms with Gasteiger partial charge in [0.05, 0.1) is 12.5 Å². The number of ether oxygens (including phenoxy) is 1. The molecule has 84 valence electrons. The maximum atomic E-state index is 12.6. The fourth-order valence-electron chi connectivity index (χ4n) is 0.990. The molecule has 0 aromatic heterocycles. The molecule has 0 aliphatic carbocycles. The van der Waals surface area contributed by atoms with E-state index in [1.807, 2.05) is 6.07 Å². The quantitative estimate of drug-likeness (QED) is 0.787. The molecule has 0 atom stereocenters. The first-order valence-electron chi connectivity index (χ1n) is 4.69. The summed E-state index contributed by atoms with van der Waals surface area (Å²) >= 11 is 0. The van der Waals surface area contributed by atoms with E-state index in [4.69, 9.17) is 10.00 Å². The highest BCUT2D eigenvalue weighted by Crippen LogP contribution is 2.12. The van der Waals surface area contributed by atoms with Gasteiger partial charge >= 0.3 is 6.09 Å². The molecule has 0 aliphatic heterocycles. The normalized spacial score (nSPS) is 9.31. The van der Waals surface area contributed by atoms with E-state index in [0.29, 0.717) is 6.54 Å². The predicted molar refractivity (Wildman–Crippen MR) is 55.3 cm³/mol. The Morgan fingerprint density at radius 3 is 2.69 bits per heavy atom. The maximum Gasteiger partial charge on any atom is 0.414 e. The van der Waals surface area contributed by atoms with E-state index in [9.17, 15) is 9.18 Å². The highest BCUT2D eigenvalue weighted by atomic mass is 19.1. The lowest BCUT2D eigenvalue weighted by Crippen LogP contribution is -2.30. The van der Waals surface area contributed by atoms with E-state index < -0.39 is 11.9 Å². The van der Waals surface area contributed by atoms with Crippen molar-refractivity contribution >= 4 is 6.09 Å². The summed E-state index contributed by atoms with van der Waals surface area (Å²) in [5, 5.41) is 8.35. The van der Waals surface area contributed by atoms with Crippen molar-refractivity contribution in [3.63, 3.8) is 0 Å². The van der Waals surface area contributed by atoms with Crippen LogP contribution in [0.1, 0.15) is 6.42 Å². The summed E-state index contributed by atoms with van der Waals surface area (Å²) in [6, 6.07) is 7.07. The van der Waals surface area contributed by atoms with Gasteiger partial charge in [0.2, 0.25) is 0 Å². The zero-order chi connectivity index (χ0) is 12.0. The minimum atomic E-state index is -0.568. The van der Waals surface area contributed by atoms with Gasteiger partial charge in [-0.1, -0.05) is 0 Å². The van der Waals surface area contributed by atoms with E-state index in [1.54, 1.807) is 0 Å². The molecule has 1 amide bonds. The summed E-state index contributed by atoms with van der Waals surface area (Å²) in [6.45, 7) is 0.302. The van der Waals surface area contributed by atoms with Crippen LogP contribution in [0.15, 0.2) is 24.3 Å². The van der Waals surface area contributed by atoms with Crippen LogP contribution in [0.4, 0.5) is 9.18 Å². The number of hydrogen-bond donors (Lipinski definition) is 0. The van der Waals surface area contributed by atoms with Crippen LogP contribution in [0.25, 0.3) is 0 Å². The minimum Gasteiger partial charge on any atom is -0.410 e. The Balaban J connectivity index is 2.51. The average Bonchev–Trinajstić information content (AvgIpc) is 2.29.